The summed E-state index contributed by atoms with van der Waals surface area (Å²) in [5.41, 5.74) is 2.86. The molecule has 0 spiro atoms. The van der Waals surface area contributed by atoms with Crippen molar-refractivity contribution in [2.75, 3.05) is 49.7 Å². The summed E-state index contributed by atoms with van der Waals surface area (Å²) in [6.07, 6.45) is 1.54. The van der Waals surface area contributed by atoms with E-state index >= 15 is 0 Å². The van der Waals surface area contributed by atoms with E-state index in [4.69, 9.17) is 14.2 Å². The van der Waals surface area contributed by atoms with Crippen LogP contribution < -0.4 is 25.2 Å². The molecule has 3 heterocycles. The Morgan fingerprint density at radius 1 is 1.08 bits per heavy atom. The zero-order valence-corrected chi connectivity index (χ0v) is 23.2. The predicted octanol–water partition coefficient (Wildman–Crippen LogP) is 4.70. The number of carbonyl (C=O) groups excluding carboxylic acids is 1. The third-order valence-corrected chi connectivity index (χ3v) is 7.78. The average molecular weight is 549 g/mol. The molecule has 0 unspecified atom stereocenters. The van der Waals surface area contributed by atoms with Gasteiger partial charge in [0.05, 0.1) is 60.9 Å². The fourth-order valence-electron chi connectivity index (χ4n) is 4.69. The largest absolute Gasteiger partial charge is 0.492 e. The molecule has 2 aromatic carbocycles. The quantitative estimate of drug-likeness (QED) is 0.324. The van der Waals surface area contributed by atoms with Crippen LogP contribution in [-0.4, -0.2) is 55.0 Å². The molecule has 2 aromatic heterocycles. The molecule has 39 heavy (non-hydrogen) atoms. The molecule has 1 aliphatic rings. The molecule has 1 N–H and O–H groups in total. The third kappa shape index (κ3) is 5.62. The molecule has 0 bridgehead atoms. The van der Waals surface area contributed by atoms with Crippen molar-refractivity contribution < 1.29 is 19.0 Å². The molecule has 1 fully saturated rings. The Kier molecular flexibility index (Phi) is 8.13. The number of morpholine rings is 1. The number of hydrogen-bond donors (Lipinski definition) is 1. The van der Waals surface area contributed by atoms with Crippen LogP contribution in [0, 0.1) is 6.92 Å². The van der Waals surface area contributed by atoms with Crippen molar-refractivity contribution in [3.05, 3.63) is 75.1 Å². The summed E-state index contributed by atoms with van der Waals surface area (Å²) < 4.78 is 19.0. The Bertz CT molecular complexity index is 1530. The number of nitrogens with one attached hydrogen (secondary N) is 1. The van der Waals surface area contributed by atoms with E-state index in [1.54, 1.807) is 17.8 Å². The van der Waals surface area contributed by atoms with Gasteiger partial charge in [0.1, 0.15) is 16.3 Å². The molecule has 0 radical (unpaired) electrons. The van der Waals surface area contributed by atoms with Crippen molar-refractivity contribution >= 4 is 38.8 Å². The van der Waals surface area contributed by atoms with Gasteiger partial charge in [-0.05, 0) is 31.9 Å². The lowest BCUT2D eigenvalue weighted by molar-refractivity contribution is 0.102. The normalized spacial score (nSPS) is 13.5. The number of rotatable bonds is 9. The minimum atomic E-state index is -0.327. The SMILES string of the molecule is CCOc1cc(N2CCOCC2)c(OCC)cc1NC(=O)c1sc2ncn(Cc3ccccc3)c(=O)c2c1C. The highest BCUT2D eigenvalue weighted by Crippen LogP contribution is 2.40. The third-order valence-electron chi connectivity index (χ3n) is 6.58. The van der Waals surface area contributed by atoms with Crippen LogP contribution in [-0.2, 0) is 11.3 Å². The molecule has 1 aliphatic heterocycles. The number of hydrogen-bond acceptors (Lipinski definition) is 8. The second-order valence-corrected chi connectivity index (χ2v) is 10.1. The monoisotopic (exact) mass is 548 g/mol. The Morgan fingerprint density at radius 2 is 1.79 bits per heavy atom. The first-order valence-electron chi connectivity index (χ1n) is 13.1. The molecule has 1 amide bonds. The van der Waals surface area contributed by atoms with Gasteiger partial charge in [0, 0.05) is 25.2 Å². The molecule has 9 nitrogen and oxygen atoms in total. The topological polar surface area (TPSA) is 94.9 Å². The molecular formula is C29H32N4O5S. The van der Waals surface area contributed by atoms with Crippen molar-refractivity contribution in [1.82, 2.24) is 9.55 Å². The highest BCUT2D eigenvalue weighted by atomic mass is 32.1. The van der Waals surface area contributed by atoms with Gasteiger partial charge in [-0.15, -0.1) is 11.3 Å². The number of anilines is 2. The van der Waals surface area contributed by atoms with E-state index in [1.807, 2.05) is 56.3 Å². The second kappa shape index (κ2) is 11.9. The zero-order chi connectivity index (χ0) is 27.4. The number of ether oxygens (including phenoxy) is 3. The lowest BCUT2D eigenvalue weighted by Crippen LogP contribution is -2.36. The summed E-state index contributed by atoms with van der Waals surface area (Å²) in [6.45, 7) is 9.71. The lowest BCUT2D eigenvalue weighted by atomic mass is 10.1. The number of aryl methyl sites for hydroxylation is 1. The van der Waals surface area contributed by atoms with Gasteiger partial charge in [0.25, 0.3) is 11.5 Å². The van der Waals surface area contributed by atoms with Crippen molar-refractivity contribution in [2.24, 2.45) is 0 Å². The van der Waals surface area contributed by atoms with Gasteiger partial charge in [-0.2, -0.15) is 0 Å². The Morgan fingerprint density at radius 3 is 2.51 bits per heavy atom. The van der Waals surface area contributed by atoms with Crippen LogP contribution in [0.1, 0.15) is 34.6 Å². The first-order chi connectivity index (χ1) is 19.0. The number of amides is 1. The summed E-state index contributed by atoms with van der Waals surface area (Å²) >= 11 is 1.21. The first kappa shape index (κ1) is 26.7. The first-order valence-corrected chi connectivity index (χ1v) is 13.9. The Balaban J connectivity index is 1.47. The van der Waals surface area contributed by atoms with Gasteiger partial charge >= 0.3 is 0 Å². The molecule has 204 valence electrons. The van der Waals surface area contributed by atoms with E-state index in [2.05, 4.69) is 15.2 Å². The summed E-state index contributed by atoms with van der Waals surface area (Å²) in [6, 6.07) is 13.5. The van der Waals surface area contributed by atoms with E-state index in [0.717, 1.165) is 24.3 Å². The van der Waals surface area contributed by atoms with Crippen molar-refractivity contribution in [3.8, 4) is 11.5 Å². The summed E-state index contributed by atoms with van der Waals surface area (Å²) in [4.78, 5) is 34.6. The van der Waals surface area contributed by atoms with Crippen molar-refractivity contribution in [3.63, 3.8) is 0 Å². The average Bonchev–Trinajstić information content (AvgIpc) is 3.30. The van der Waals surface area contributed by atoms with E-state index in [0.29, 0.717) is 70.8 Å². The van der Waals surface area contributed by atoms with Crippen molar-refractivity contribution in [2.45, 2.75) is 27.3 Å². The van der Waals surface area contributed by atoms with Crippen LogP contribution in [0.5, 0.6) is 11.5 Å². The molecule has 5 rings (SSSR count). The molecular weight excluding hydrogens is 516 g/mol. The van der Waals surface area contributed by atoms with Gasteiger partial charge in [0.15, 0.2) is 0 Å². The number of nitrogens with zero attached hydrogens (tertiary/aromatic N) is 3. The Labute approximate surface area is 230 Å². The maximum atomic E-state index is 13.5. The zero-order valence-electron chi connectivity index (χ0n) is 22.4. The number of thiophene rings is 1. The number of benzene rings is 2. The highest BCUT2D eigenvalue weighted by molar-refractivity contribution is 7.20. The van der Waals surface area contributed by atoms with Gasteiger partial charge in [-0.25, -0.2) is 4.98 Å². The fraction of sp³-hybridized carbons (Fsp3) is 0.345. The van der Waals surface area contributed by atoms with Crippen LogP contribution in [0.3, 0.4) is 0 Å². The van der Waals surface area contributed by atoms with E-state index in [9.17, 15) is 9.59 Å². The molecule has 10 heteroatoms. The van der Waals surface area contributed by atoms with Gasteiger partial charge in [-0.3, -0.25) is 14.2 Å². The second-order valence-electron chi connectivity index (χ2n) is 9.14. The Hall–Kier alpha value is -3.89. The fourth-order valence-corrected chi connectivity index (χ4v) is 5.73. The lowest BCUT2D eigenvalue weighted by Gasteiger charge is -2.31. The van der Waals surface area contributed by atoms with Crippen LogP contribution in [0.2, 0.25) is 0 Å². The summed E-state index contributed by atoms with van der Waals surface area (Å²) in [7, 11) is 0. The number of fused-ring (bicyclic) bond motifs is 1. The van der Waals surface area contributed by atoms with Gasteiger partial charge in [0.2, 0.25) is 0 Å². The maximum Gasteiger partial charge on any atom is 0.266 e. The van der Waals surface area contributed by atoms with Crippen LogP contribution in [0.25, 0.3) is 10.2 Å². The molecule has 0 saturated carbocycles. The van der Waals surface area contributed by atoms with Crippen LogP contribution in [0.15, 0.2) is 53.6 Å². The minimum Gasteiger partial charge on any atom is -0.492 e. The van der Waals surface area contributed by atoms with E-state index in [-0.39, 0.29) is 11.5 Å². The number of carbonyl (C=O) groups is 1. The minimum absolute atomic E-state index is 0.167. The maximum absolute atomic E-state index is 13.5. The highest BCUT2D eigenvalue weighted by Gasteiger charge is 2.23. The molecule has 4 aromatic rings. The van der Waals surface area contributed by atoms with Crippen LogP contribution in [0.4, 0.5) is 11.4 Å². The van der Waals surface area contributed by atoms with Crippen LogP contribution >= 0.6 is 11.3 Å². The molecule has 0 atom stereocenters. The summed E-state index contributed by atoms with van der Waals surface area (Å²) in [5, 5.41) is 3.47. The standard InChI is InChI=1S/C29H32N4O5S/c1-4-37-23-16-22(32-11-13-36-14-12-32)24(38-5-2)15-21(23)31-27(34)26-19(3)25-28(39-26)30-18-33(29(25)35)17-20-9-7-6-8-10-20/h6-10,15-16,18H,4-5,11-14,17H2,1-3H3,(H,31,34). The molecule has 0 aliphatic carbocycles. The van der Waals surface area contributed by atoms with Gasteiger partial charge < -0.3 is 24.4 Å². The van der Waals surface area contributed by atoms with Crippen molar-refractivity contribution in [1.29, 1.82) is 0 Å². The molecule has 1 saturated heterocycles. The van der Waals surface area contributed by atoms with E-state index < -0.39 is 0 Å². The predicted molar refractivity (Wildman–Crippen MR) is 154 cm³/mol. The van der Waals surface area contributed by atoms with Gasteiger partial charge in [-0.1, -0.05) is 30.3 Å². The van der Waals surface area contributed by atoms with E-state index in [1.165, 1.54) is 11.3 Å². The summed E-state index contributed by atoms with van der Waals surface area (Å²) in [5.74, 6) is 0.890. The smallest absolute Gasteiger partial charge is 0.266 e. The number of aromatic nitrogens is 2.